The first-order chi connectivity index (χ1) is 7.40. The predicted octanol–water partition coefficient (Wildman–Crippen LogP) is 3.37. The Labute approximate surface area is 96.1 Å². The van der Waals surface area contributed by atoms with E-state index in [0.29, 0.717) is 6.04 Å². The molecule has 15 heavy (non-hydrogen) atoms. The summed E-state index contributed by atoms with van der Waals surface area (Å²) in [4.78, 5) is 5.58. The van der Waals surface area contributed by atoms with Gasteiger partial charge in [-0.1, -0.05) is 19.8 Å². The van der Waals surface area contributed by atoms with Crippen molar-refractivity contribution in [1.29, 1.82) is 0 Å². The molecule has 1 aliphatic rings. The molecule has 1 atom stereocenters. The van der Waals surface area contributed by atoms with E-state index < -0.39 is 0 Å². The van der Waals surface area contributed by atoms with Crippen molar-refractivity contribution in [2.45, 2.75) is 45.1 Å². The largest absolute Gasteiger partial charge is 0.309 e. The number of thiazole rings is 1. The molecule has 1 aromatic rings. The summed E-state index contributed by atoms with van der Waals surface area (Å²) in [5.41, 5.74) is 1.94. The fourth-order valence-electron chi connectivity index (χ4n) is 1.87. The Bertz CT molecular complexity index is 267. The first-order valence-electron chi connectivity index (χ1n) is 6.02. The second-order valence-electron chi connectivity index (χ2n) is 4.43. The highest BCUT2D eigenvalue weighted by atomic mass is 32.1. The van der Waals surface area contributed by atoms with Crippen molar-refractivity contribution in [2.24, 2.45) is 5.92 Å². The van der Waals surface area contributed by atoms with Crippen molar-refractivity contribution >= 4 is 11.3 Å². The minimum atomic E-state index is 0.554. The van der Waals surface area contributed by atoms with Gasteiger partial charge in [0.05, 0.1) is 5.51 Å². The van der Waals surface area contributed by atoms with Crippen LogP contribution in [0.3, 0.4) is 0 Å². The Morgan fingerprint density at radius 2 is 2.47 bits per heavy atom. The van der Waals surface area contributed by atoms with Crippen molar-refractivity contribution in [1.82, 2.24) is 10.3 Å². The van der Waals surface area contributed by atoms with Gasteiger partial charge < -0.3 is 5.32 Å². The van der Waals surface area contributed by atoms with Gasteiger partial charge in [-0.15, -0.1) is 11.3 Å². The van der Waals surface area contributed by atoms with E-state index in [1.165, 1.54) is 37.0 Å². The number of nitrogens with zero attached hydrogens (tertiary/aromatic N) is 1. The van der Waals surface area contributed by atoms with Gasteiger partial charge in [-0.3, -0.25) is 4.98 Å². The van der Waals surface area contributed by atoms with E-state index >= 15 is 0 Å². The van der Waals surface area contributed by atoms with Crippen molar-refractivity contribution < 1.29 is 0 Å². The van der Waals surface area contributed by atoms with Crippen LogP contribution in [-0.2, 0) is 0 Å². The molecule has 1 saturated carbocycles. The number of hydrogen-bond donors (Lipinski definition) is 1. The van der Waals surface area contributed by atoms with Crippen LogP contribution in [0.1, 0.15) is 49.9 Å². The van der Waals surface area contributed by atoms with Gasteiger partial charge in [-0.05, 0) is 31.7 Å². The predicted molar refractivity (Wildman–Crippen MR) is 65.1 cm³/mol. The Morgan fingerprint density at radius 1 is 1.60 bits per heavy atom. The molecule has 1 aromatic heterocycles. The molecule has 0 saturated heterocycles. The fraction of sp³-hybridized carbons (Fsp3) is 0.750. The third kappa shape index (κ3) is 3.58. The molecule has 0 radical (unpaired) electrons. The summed E-state index contributed by atoms with van der Waals surface area (Å²) in [6.07, 6.45) is 8.82. The van der Waals surface area contributed by atoms with E-state index in [1.54, 1.807) is 11.3 Å². The zero-order valence-electron chi connectivity index (χ0n) is 9.41. The molecule has 0 aromatic carbocycles. The summed E-state index contributed by atoms with van der Waals surface area (Å²) in [5.74, 6) is 1.03. The van der Waals surface area contributed by atoms with Crippen LogP contribution in [0.2, 0.25) is 0 Å². The second-order valence-corrected chi connectivity index (χ2v) is 5.35. The van der Waals surface area contributed by atoms with E-state index in [1.807, 2.05) is 11.7 Å². The SMILES string of the molecule is CCCNC(CCC1CC1)c1cncs1. The highest BCUT2D eigenvalue weighted by Crippen LogP contribution is 2.36. The number of nitrogens with one attached hydrogen (secondary N) is 1. The monoisotopic (exact) mass is 224 g/mol. The molecule has 84 valence electrons. The fourth-order valence-corrected chi connectivity index (χ4v) is 2.60. The summed E-state index contributed by atoms with van der Waals surface area (Å²) in [6, 6.07) is 0.554. The molecule has 2 rings (SSSR count). The lowest BCUT2D eigenvalue weighted by Crippen LogP contribution is -2.21. The molecule has 2 nitrogen and oxygen atoms in total. The Morgan fingerprint density at radius 3 is 3.07 bits per heavy atom. The number of aromatic nitrogens is 1. The minimum Gasteiger partial charge on any atom is -0.309 e. The van der Waals surface area contributed by atoms with Crippen LogP contribution in [0.5, 0.6) is 0 Å². The number of rotatable bonds is 7. The quantitative estimate of drug-likeness (QED) is 0.768. The Kier molecular flexibility index (Phi) is 4.15. The maximum atomic E-state index is 4.17. The van der Waals surface area contributed by atoms with E-state index in [-0.39, 0.29) is 0 Å². The van der Waals surface area contributed by atoms with Crippen LogP contribution in [-0.4, -0.2) is 11.5 Å². The first kappa shape index (κ1) is 11.1. The van der Waals surface area contributed by atoms with Gasteiger partial charge in [0.2, 0.25) is 0 Å². The molecular weight excluding hydrogens is 204 g/mol. The van der Waals surface area contributed by atoms with Crippen LogP contribution in [0.15, 0.2) is 11.7 Å². The van der Waals surface area contributed by atoms with Crippen LogP contribution in [0, 0.1) is 5.92 Å². The van der Waals surface area contributed by atoms with Crippen molar-refractivity contribution in [3.8, 4) is 0 Å². The van der Waals surface area contributed by atoms with E-state index in [9.17, 15) is 0 Å². The lowest BCUT2D eigenvalue weighted by atomic mass is 10.1. The van der Waals surface area contributed by atoms with Gasteiger partial charge in [-0.25, -0.2) is 0 Å². The summed E-state index contributed by atoms with van der Waals surface area (Å²) in [7, 11) is 0. The van der Waals surface area contributed by atoms with E-state index in [2.05, 4.69) is 17.2 Å². The maximum absolute atomic E-state index is 4.17. The van der Waals surface area contributed by atoms with Gasteiger partial charge >= 0.3 is 0 Å². The molecule has 1 N–H and O–H groups in total. The highest BCUT2D eigenvalue weighted by molar-refractivity contribution is 7.09. The summed E-state index contributed by atoms with van der Waals surface area (Å²) >= 11 is 1.78. The summed E-state index contributed by atoms with van der Waals surface area (Å²) in [5, 5.41) is 3.63. The molecule has 0 spiro atoms. The van der Waals surface area contributed by atoms with Gasteiger partial charge in [-0.2, -0.15) is 0 Å². The molecule has 1 heterocycles. The first-order valence-corrected chi connectivity index (χ1v) is 6.90. The average Bonchev–Trinajstić information content (AvgIpc) is 2.92. The molecule has 1 fully saturated rings. The van der Waals surface area contributed by atoms with Gasteiger partial charge in [0.1, 0.15) is 0 Å². The van der Waals surface area contributed by atoms with E-state index in [4.69, 9.17) is 0 Å². The van der Waals surface area contributed by atoms with Crippen molar-refractivity contribution in [2.75, 3.05) is 6.54 Å². The minimum absolute atomic E-state index is 0.554. The van der Waals surface area contributed by atoms with Gasteiger partial charge in [0.25, 0.3) is 0 Å². The standard InChI is InChI=1S/C12H20N2S/c1-2-7-14-11(6-5-10-3-4-10)12-8-13-9-15-12/h8-11,14H,2-7H2,1H3. The molecule has 0 aliphatic heterocycles. The summed E-state index contributed by atoms with van der Waals surface area (Å²) < 4.78 is 0. The lowest BCUT2D eigenvalue weighted by Gasteiger charge is -2.16. The average molecular weight is 224 g/mol. The number of hydrogen-bond acceptors (Lipinski definition) is 3. The zero-order chi connectivity index (χ0) is 10.5. The molecule has 0 amide bonds. The normalized spacial score (nSPS) is 17.9. The smallest absolute Gasteiger partial charge is 0.0794 e. The second kappa shape index (κ2) is 5.61. The Balaban J connectivity index is 1.83. The zero-order valence-corrected chi connectivity index (χ0v) is 10.2. The third-order valence-electron chi connectivity index (χ3n) is 3.00. The van der Waals surface area contributed by atoms with E-state index in [0.717, 1.165) is 12.5 Å². The highest BCUT2D eigenvalue weighted by Gasteiger charge is 2.23. The summed E-state index contributed by atoms with van der Waals surface area (Å²) in [6.45, 7) is 3.34. The van der Waals surface area contributed by atoms with Crippen LogP contribution < -0.4 is 5.32 Å². The van der Waals surface area contributed by atoms with Crippen LogP contribution in [0.25, 0.3) is 0 Å². The van der Waals surface area contributed by atoms with Crippen molar-refractivity contribution in [3.63, 3.8) is 0 Å². The molecule has 1 aliphatic carbocycles. The molecule has 0 bridgehead atoms. The Hall–Kier alpha value is -0.410. The molecule has 1 unspecified atom stereocenters. The van der Waals surface area contributed by atoms with Crippen LogP contribution >= 0.6 is 11.3 Å². The topological polar surface area (TPSA) is 24.9 Å². The van der Waals surface area contributed by atoms with Crippen molar-refractivity contribution in [3.05, 3.63) is 16.6 Å². The van der Waals surface area contributed by atoms with Gasteiger partial charge in [0, 0.05) is 17.1 Å². The van der Waals surface area contributed by atoms with Crippen LogP contribution in [0.4, 0.5) is 0 Å². The van der Waals surface area contributed by atoms with Gasteiger partial charge in [0.15, 0.2) is 0 Å². The molecular formula is C12H20N2S. The lowest BCUT2D eigenvalue weighted by molar-refractivity contribution is 0.475. The maximum Gasteiger partial charge on any atom is 0.0794 e. The molecule has 3 heteroatoms. The third-order valence-corrected chi connectivity index (χ3v) is 3.89.